The van der Waals surface area contributed by atoms with Crippen molar-refractivity contribution in [1.29, 1.82) is 5.41 Å². The average Bonchev–Trinajstić information content (AvgIpc) is 2.17. The third kappa shape index (κ3) is 2.87. The number of methoxy groups -OCH3 is 1. The van der Waals surface area contributed by atoms with E-state index in [0.29, 0.717) is 6.29 Å². The Balaban J connectivity index is 4.91. The van der Waals surface area contributed by atoms with E-state index in [-0.39, 0.29) is 10.7 Å². The molecule has 0 heterocycles. The van der Waals surface area contributed by atoms with Crippen molar-refractivity contribution in [2.75, 3.05) is 14.2 Å². The second-order valence-electron chi connectivity index (χ2n) is 1.96. The maximum atomic E-state index is 10.8. The van der Waals surface area contributed by atoms with E-state index in [9.17, 15) is 9.59 Å². The molecular formula is C7H9ClN2O3. The fourth-order valence-electron chi connectivity index (χ4n) is 0.567. The van der Waals surface area contributed by atoms with Crippen molar-refractivity contribution in [3.63, 3.8) is 0 Å². The van der Waals surface area contributed by atoms with Crippen LogP contribution in [0.1, 0.15) is 0 Å². The van der Waals surface area contributed by atoms with Gasteiger partial charge in [0.2, 0.25) is 0 Å². The predicted molar refractivity (Wildman–Crippen MR) is 47.7 cm³/mol. The molecule has 0 amide bonds. The molecule has 0 saturated heterocycles. The van der Waals surface area contributed by atoms with Crippen molar-refractivity contribution in [2.45, 2.75) is 0 Å². The zero-order chi connectivity index (χ0) is 10.4. The first kappa shape index (κ1) is 11.6. The number of aldehydes is 1. The second-order valence-corrected chi connectivity index (χ2v) is 2.34. The lowest BCUT2D eigenvalue weighted by Gasteiger charge is -2.03. The molecule has 0 saturated carbocycles. The molecule has 0 aliphatic carbocycles. The summed E-state index contributed by atoms with van der Waals surface area (Å²) in [4.78, 5) is 21.2. The Kier molecular flexibility index (Phi) is 4.76. The molecule has 2 N–H and O–H groups in total. The fraction of sp³-hybridized carbons (Fsp3) is 0.286. The molecule has 0 bridgehead atoms. The van der Waals surface area contributed by atoms with E-state index in [4.69, 9.17) is 17.0 Å². The summed E-state index contributed by atoms with van der Waals surface area (Å²) in [6, 6.07) is 0. The van der Waals surface area contributed by atoms with Gasteiger partial charge in [0.15, 0.2) is 12.0 Å². The smallest absolute Gasteiger partial charge is 0.356 e. The van der Waals surface area contributed by atoms with E-state index in [2.05, 4.69) is 10.1 Å². The van der Waals surface area contributed by atoms with Crippen LogP contribution in [0.5, 0.6) is 0 Å². The summed E-state index contributed by atoms with van der Waals surface area (Å²) < 4.78 is 4.25. The van der Waals surface area contributed by atoms with Gasteiger partial charge in [-0.05, 0) is 0 Å². The number of esters is 1. The van der Waals surface area contributed by atoms with Crippen molar-refractivity contribution in [1.82, 2.24) is 5.32 Å². The number of rotatable bonds is 4. The molecule has 0 fully saturated rings. The largest absolute Gasteiger partial charge is 0.464 e. The van der Waals surface area contributed by atoms with Gasteiger partial charge in [-0.1, -0.05) is 11.6 Å². The molecule has 72 valence electrons. The molecule has 0 radical (unpaired) electrons. The van der Waals surface area contributed by atoms with E-state index in [1.165, 1.54) is 7.05 Å². The van der Waals surface area contributed by atoms with Crippen molar-refractivity contribution in [3.8, 4) is 0 Å². The number of hydrogen-bond donors (Lipinski definition) is 2. The number of halogens is 1. The maximum Gasteiger partial charge on any atom is 0.356 e. The molecule has 0 aliphatic rings. The summed E-state index contributed by atoms with van der Waals surface area (Å²) in [5, 5.41) is 9.57. The van der Waals surface area contributed by atoms with Gasteiger partial charge in [0.05, 0.1) is 12.7 Å². The third-order valence-corrected chi connectivity index (χ3v) is 1.63. The Bertz CT molecular complexity index is 273. The van der Waals surface area contributed by atoms with E-state index < -0.39 is 11.7 Å². The Hall–Kier alpha value is -1.36. The van der Waals surface area contributed by atoms with Gasteiger partial charge >= 0.3 is 5.97 Å². The highest BCUT2D eigenvalue weighted by atomic mass is 35.5. The molecular weight excluding hydrogens is 196 g/mol. The lowest BCUT2D eigenvalue weighted by atomic mass is 10.2. The SMILES string of the molecule is CN/C(Cl)=C(/C=O)C(=N)C(=O)OC. The maximum absolute atomic E-state index is 10.8. The molecule has 0 aromatic carbocycles. The molecule has 0 rings (SSSR count). The van der Waals surface area contributed by atoms with Crippen LogP contribution in [0.15, 0.2) is 10.7 Å². The topological polar surface area (TPSA) is 79.3 Å². The van der Waals surface area contributed by atoms with Crippen LogP contribution in [0.2, 0.25) is 0 Å². The summed E-state index contributed by atoms with van der Waals surface area (Å²) >= 11 is 5.52. The second kappa shape index (κ2) is 5.31. The van der Waals surface area contributed by atoms with Crippen LogP contribution >= 0.6 is 11.6 Å². The van der Waals surface area contributed by atoms with Gasteiger partial charge in [-0.25, -0.2) is 4.79 Å². The standard InChI is InChI=1S/C7H9ClN2O3/c1-10-6(8)4(3-11)5(9)7(12)13-2/h3,9-10H,1-2H3/b6-4-,9-5?. The predicted octanol–water partition coefficient (Wildman–Crippen LogP) is 0.0479. The van der Waals surface area contributed by atoms with E-state index in [0.717, 1.165) is 7.11 Å². The number of ether oxygens (including phenoxy) is 1. The molecule has 0 spiro atoms. The lowest BCUT2D eigenvalue weighted by Crippen LogP contribution is -2.21. The van der Waals surface area contributed by atoms with Crippen LogP contribution in [0.4, 0.5) is 0 Å². The highest BCUT2D eigenvalue weighted by molar-refractivity contribution is 6.49. The summed E-state index contributed by atoms with van der Waals surface area (Å²) in [7, 11) is 2.59. The van der Waals surface area contributed by atoms with Crippen LogP contribution in [-0.4, -0.2) is 32.1 Å². The zero-order valence-electron chi connectivity index (χ0n) is 7.18. The van der Waals surface area contributed by atoms with Crippen LogP contribution < -0.4 is 5.32 Å². The van der Waals surface area contributed by atoms with E-state index in [1.54, 1.807) is 0 Å². The summed E-state index contributed by atoms with van der Waals surface area (Å²) in [5.74, 6) is -0.907. The van der Waals surface area contributed by atoms with Gasteiger partial charge in [-0.2, -0.15) is 0 Å². The molecule has 0 aliphatic heterocycles. The highest BCUT2D eigenvalue weighted by Crippen LogP contribution is 2.05. The number of carbonyl (C=O) groups is 2. The molecule has 5 nitrogen and oxygen atoms in total. The number of nitrogens with one attached hydrogen (secondary N) is 2. The van der Waals surface area contributed by atoms with Gasteiger partial charge in [0.25, 0.3) is 0 Å². The Morgan fingerprint density at radius 1 is 1.62 bits per heavy atom. The summed E-state index contributed by atoms with van der Waals surface area (Å²) in [6.45, 7) is 0. The Morgan fingerprint density at radius 2 is 2.15 bits per heavy atom. The third-order valence-electron chi connectivity index (χ3n) is 1.23. The lowest BCUT2D eigenvalue weighted by molar-refractivity contribution is -0.132. The highest BCUT2D eigenvalue weighted by Gasteiger charge is 2.17. The van der Waals surface area contributed by atoms with Crippen molar-refractivity contribution < 1.29 is 14.3 Å². The van der Waals surface area contributed by atoms with Crippen molar-refractivity contribution in [3.05, 3.63) is 10.7 Å². The number of carbonyl (C=O) groups excluding carboxylic acids is 2. The van der Waals surface area contributed by atoms with Crippen LogP contribution in [0.3, 0.4) is 0 Å². The van der Waals surface area contributed by atoms with Gasteiger partial charge < -0.3 is 10.1 Å². The molecule has 6 heteroatoms. The molecule has 0 aromatic heterocycles. The van der Waals surface area contributed by atoms with Crippen LogP contribution in [-0.2, 0) is 14.3 Å². The van der Waals surface area contributed by atoms with Gasteiger partial charge in [0.1, 0.15) is 5.16 Å². The Morgan fingerprint density at radius 3 is 2.46 bits per heavy atom. The monoisotopic (exact) mass is 204 g/mol. The minimum atomic E-state index is -0.907. The van der Waals surface area contributed by atoms with Crippen molar-refractivity contribution >= 4 is 29.6 Å². The van der Waals surface area contributed by atoms with Crippen LogP contribution in [0, 0.1) is 5.41 Å². The first-order valence-electron chi connectivity index (χ1n) is 3.28. The zero-order valence-corrected chi connectivity index (χ0v) is 7.94. The fourth-order valence-corrected chi connectivity index (χ4v) is 0.706. The minimum absolute atomic E-state index is 0.0644. The quantitative estimate of drug-likeness (QED) is 0.223. The molecule has 0 atom stereocenters. The first-order chi connectivity index (χ1) is 6.08. The van der Waals surface area contributed by atoms with Gasteiger partial charge in [-0.15, -0.1) is 0 Å². The first-order valence-corrected chi connectivity index (χ1v) is 3.66. The minimum Gasteiger partial charge on any atom is -0.464 e. The van der Waals surface area contributed by atoms with E-state index in [1.807, 2.05) is 0 Å². The Labute approximate surface area is 80.2 Å². The van der Waals surface area contributed by atoms with Crippen molar-refractivity contribution in [2.24, 2.45) is 0 Å². The molecule has 13 heavy (non-hydrogen) atoms. The van der Waals surface area contributed by atoms with E-state index >= 15 is 0 Å². The molecule has 0 unspecified atom stereocenters. The molecule has 0 aromatic rings. The van der Waals surface area contributed by atoms with Gasteiger partial charge in [0, 0.05) is 7.05 Å². The summed E-state index contributed by atoms with van der Waals surface area (Å²) in [5.41, 5.74) is -0.798. The average molecular weight is 205 g/mol. The number of hydrogen-bond acceptors (Lipinski definition) is 5. The van der Waals surface area contributed by atoms with Crippen LogP contribution in [0.25, 0.3) is 0 Å². The normalized spacial score (nSPS) is 11.3. The summed E-state index contributed by atoms with van der Waals surface area (Å²) in [6.07, 6.45) is 0.318. The van der Waals surface area contributed by atoms with Gasteiger partial charge in [-0.3, -0.25) is 10.2 Å².